The molecule has 2 aromatic heterocycles. The minimum absolute atomic E-state index is 0.138. The van der Waals surface area contributed by atoms with Gasteiger partial charge in [0.05, 0.1) is 6.42 Å². The van der Waals surface area contributed by atoms with Gasteiger partial charge in [0.1, 0.15) is 11.5 Å². The van der Waals surface area contributed by atoms with Crippen LogP contribution in [0.1, 0.15) is 31.3 Å². The van der Waals surface area contributed by atoms with Crippen molar-refractivity contribution in [3.63, 3.8) is 0 Å². The van der Waals surface area contributed by atoms with Crippen molar-refractivity contribution < 1.29 is 9.32 Å². The predicted molar refractivity (Wildman–Crippen MR) is 98.6 cm³/mol. The fraction of sp³-hybridized carbons (Fsp3) is 0.450. The second-order valence-corrected chi connectivity index (χ2v) is 6.98. The molecule has 3 heterocycles. The highest BCUT2D eigenvalue weighted by Gasteiger charge is 2.24. The van der Waals surface area contributed by atoms with Crippen molar-refractivity contribution in [2.45, 2.75) is 39.2 Å². The van der Waals surface area contributed by atoms with Gasteiger partial charge in [0.2, 0.25) is 5.91 Å². The van der Waals surface area contributed by atoms with E-state index in [9.17, 15) is 4.79 Å². The third-order valence-electron chi connectivity index (χ3n) is 5.31. The number of aryl methyl sites for hydroxylation is 1. The summed E-state index contributed by atoms with van der Waals surface area (Å²) in [6, 6.07) is 7.69. The summed E-state index contributed by atoms with van der Waals surface area (Å²) in [5, 5.41) is 5.01. The molecule has 1 fully saturated rings. The molecule has 1 amide bonds. The molecule has 0 aliphatic carbocycles. The van der Waals surface area contributed by atoms with Crippen molar-refractivity contribution in [3.8, 4) is 0 Å². The quantitative estimate of drug-likeness (QED) is 0.708. The maximum Gasteiger partial charge on any atom is 0.228 e. The van der Waals surface area contributed by atoms with Crippen molar-refractivity contribution >= 4 is 16.9 Å². The first-order chi connectivity index (χ1) is 12.7. The Balaban J connectivity index is 1.33. The van der Waals surface area contributed by atoms with Crippen molar-refractivity contribution in [1.29, 1.82) is 0 Å². The maximum atomic E-state index is 12.7. The molecule has 136 valence electrons. The molecule has 0 N–H and O–H groups in total. The van der Waals surface area contributed by atoms with Crippen molar-refractivity contribution in [2.24, 2.45) is 5.92 Å². The van der Waals surface area contributed by atoms with E-state index in [2.05, 4.69) is 27.8 Å². The van der Waals surface area contributed by atoms with Gasteiger partial charge in [0.25, 0.3) is 0 Å². The smallest absolute Gasteiger partial charge is 0.228 e. The van der Waals surface area contributed by atoms with Gasteiger partial charge in [0, 0.05) is 43.8 Å². The first-order valence-electron chi connectivity index (χ1n) is 9.35. The average Bonchev–Trinajstić information content (AvgIpc) is 3.29. The maximum absolute atomic E-state index is 12.7. The van der Waals surface area contributed by atoms with Gasteiger partial charge in [0.15, 0.2) is 5.58 Å². The summed E-state index contributed by atoms with van der Waals surface area (Å²) in [7, 11) is 0. The van der Waals surface area contributed by atoms with Crippen LogP contribution in [0.4, 0.5) is 0 Å². The molecular formula is C20H24N4O2. The standard InChI is InChI=1S/C20H24N4O2/c1-2-19-21-9-12-24(19)14-15-7-10-23(11-8-15)20(25)13-17-16-5-3-4-6-18(16)26-22-17/h3-6,9,12,15H,2,7-8,10-11,13-14H2,1H3. The number of benzene rings is 1. The fourth-order valence-electron chi connectivity index (χ4n) is 3.78. The average molecular weight is 352 g/mol. The molecule has 6 heteroatoms. The monoisotopic (exact) mass is 352 g/mol. The number of imidazole rings is 1. The number of carbonyl (C=O) groups excluding carboxylic acids is 1. The number of para-hydroxylation sites is 1. The van der Waals surface area contributed by atoms with Crippen molar-refractivity contribution in [1.82, 2.24) is 19.6 Å². The van der Waals surface area contributed by atoms with Crippen LogP contribution in [0.2, 0.25) is 0 Å². The Bertz CT molecular complexity index is 890. The number of rotatable bonds is 5. The van der Waals surface area contributed by atoms with E-state index in [0.29, 0.717) is 12.3 Å². The molecule has 3 aromatic rings. The SMILES string of the molecule is CCc1nccn1CC1CCN(C(=O)Cc2noc3ccccc23)CC1. The number of fused-ring (bicyclic) bond motifs is 1. The largest absolute Gasteiger partial charge is 0.356 e. The third kappa shape index (κ3) is 3.36. The normalized spacial score (nSPS) is 15.7. The summed E-state index contributed by atoms with van der Waals surface area (Å²) in [6.07, 6.45) is 7.27. The summed E-state index contributed by atoms with van der Waals surface area (Å²) in [5.41, 5.74) is 1.47. The molecule has 1 aliphatic heterocycles. The van der Waals surface area contributed by atoms with E-state index in [-0.39, 0.29) is 5.91 Å². The zero-order valence-electron chi connectivity index (χ0n) is 15.1. The lowest BCUT2D eigenvalue weighted by atomic mass is 9.96. The van der Waals surface area contributed by atoms with Crippen LogP contribution in [0.5, 0.6) is 0 Å². The molecule has 26 heavy (non-hydrogen) atoms. The van der Waals surface area contributed by atoms with E-state index < -0.39 is 0 Å². The molecule has 0 atom stereocenters. The van der Waals surface area contributed by atoms with E-state index in [4.69, 9.17) is 4.52 Å². The molecule has 0 spiro atoms. The molecule has 0 bridgehead atoms. The third-order valence-corrected chi connectivity index (χ3v) is 5.31. The summed E-state index contributed by atoms with van der Waals surface area (Å²) < 4.78 is 7.56. The summed E-state index contributed by atoms with van der Waals surface area (Å²) in [4.78, 5) is 19.0. The number of amides is 1. The number of piperidine rings is 1. The Morgan fingerprint density at radius 3 is 2.88 bits per heavy atom. The molecule has 0 saturated carbocycles. The number of aromatic nitrogens is 3. The highest BCUT2D eigenvalue weighted by molar-refractivity contribution is 5.86. The van der Waals surface area contributed by atoms with Crippen molar-refractivity contribution in [2.75, 3.05) is 13.1 Å². The van der Waals surface area contributed by atoms with Crippen molar-refractivity contribution in [3.05, 3.63) is 48.2 Å². The van der Waals surface area contributed by atoms with Crippen LogP contribution in [0.3, 0.4) is 0 Å². The minimum atomic E-state index is 0.138. The molecule has 1 aromatic carbocycles. The molecule has 4 rings (SSSR count). The number of nitrogens with zero attached hydrogens (tertiary/aromatic N) is 4. The van der Waals surface area contributed by atoms with Crippen LogP contribution in [0, 0.1) is 5.92 Å². The number of hydrogen-bond acceptors (Lipinski definition) is 4. The lowest BCUT2D eigenvalue weighted by Crippen LogP contribution is -2.40. The Hall–Kier alpha value is -2.63. The van der Waals surface area contributed by atoms with Crippen LogP contribution in [0.15, 0.2) is 41.2 Å². The Morgan fingerprint density at radius 1 is 1.27 bits per heavy atom. The number of hydrogen-bond donors (Lipinski definition) is 0. The second kappa shape index (κ2) is 7.32. The summed E-state index contributed by atoms with van der Waals surface area (Å²) in [6.45, 7) is 4.76. The van der Waals surface area contributed by atoms with Gasteiger partial charge in [-0.25, -0.2) is 4.98 Å². The molecule has 1 aliphatic rings. The zero-order valence-corrected chi connectivity index (χ0v) is 15.1. The van der Waals surface area contributed by atoms with Crippen LogP contribution >= 0.6 is 0 Å². The highest BCUT2D eigenvalue weighted by Crippen LogP contribution is 2.22. The van der Waals surface area contributed by atoms with E-state index in [1.807, 2.05) is 35.4 Å². The van der Waals surface area contributed by atoms with Gasteiger partial charge in [-0.15, -0.1) is 0 Å². The fourth-order valence-corrected chi connectivity index (χ4v) is 3.78. The molecule has 6 nitrogen and oxygen atoms in total. The van der Waals surface area contributed by atoms with E-state index >= 15 is 0 Å². The first kappa shape index (κ1) is 16.8. The van der Waals surface area contributed by atoms with Crippen LogP contribution in [-0.4, -0.2) is 38.6 Å². The number of carbonyl (C=O) groups is 1. The predicted octanol–water partition coefficient (Wildman–Crippen LogP) is 3.07. The van der Waals surface area contributed by atoms with Gasteiger partial charge in [-0.1, -0.05) is 24.2 Å². The van der Waals surface area contributed by atoms with E-state index in [1.165, 1.54) is 0 Å². The second-order valence-electron chi connectivity index (χ2n) is 6.98. The minimum Gasteiger partial charge on any atom is -0.356 e. The zero-order chi connectivity index (χ0) is 17.9. The molecule has 0 unspecified atom stereocenters. The van der Waals surface area contributed by atoms with Gasteiger partial charge in [-0.05, 0) is 30.9 Å². The molecule has 1 saturated heterocycles. The van der Waals surface area contributed by atoms with E-state index in [1.54, 1.807) is 0 Å². The van der Waals surface area contributed by atoms with Crippen LogP contribution < -0.4 is 0 Å². The lowest BCUT2D eigenvalue weighted by molar-refractivity contribution is -0.132. The summed E-state index contributed by atoms with van der Waals surface area (Å²) >= 11 is 0. The molecular weight excluding hydrogens is 328 g/mol. The van der Waals surface area contributed by atoms with E-state index in [0.717, 1.165) is 61.4 Å². The van der Waals surface area contributed by atoms with Crippen LogP contribution in [-0.2, 0) is 24.2 Å². The Morgan fingerprint density at radius 2 is 2.08 bits per heavy atom. The molecule has 0 radical (unpaired) electrons. The van der Waals surface area contributed by atoms with Gasteiger partial charge >= 0.3 is 0 Å². The lowest BCUT2D eigenvalue weighted by Gasteiger charge is -2.32. The highest BCUT2D eigenvalue weighted by atomic mass is 16.5. The topological polar surface area (TPSA) is 64.2 Å². The Kier molecular flexibility index (Phi) is 4.73. The Labute approximate surface area is 152 Å². The number of likely N-dealkylation sites (tertiary alicyclic amines) is 1. The van der Waals surface area contributed by atoms with Crippen LogP contribution in [0.25, 0.3) is 11.0 Å². The first-order valence-corrected chi connectivity index (χ1v) is 9.35. The summed E-state index contributed by atoms with van der Waals surface area (Å²) in [5.74, 6) is 1.88. The van der Waals surface area contributed by atoms with Gasteiger partial charge < -0.3 is 14.0 Å². The van der Waals surface area contributed by atoms with Gasteiger partial charge in [-0.2, -0.15) is 0 Å². The van der Waals surface area contributed by atoms with Gasteiger partial charge in [-0.3, -0.25) is 4.79 Å².